The molecule has 0 spiro atoms. The maximum atomic E-state index is 6.13. The standard InChI is InChI=1S/C16H26N2O2/c1-12(17)16-6-4-5-7-18(16)11-13-8-14(19-2)10-15(9-13)20-3/h8-10,12,16H,4-7,11,17H2,1-3H3. The Labute approximate surface area is 121 Å². The zero-order valence-corrected chi connectivity index (χ0v) is 12.8. The van der Waals surface area contributed by atoms with E-state index in [4.69, 9.17) is 15.2 Å². The van der Waals surface area contributed by atoms with Gasteiger partial charge in [0.15, 0.2) is 0 Å². The molecule has 1 aliphatic rings. The number of rotatable bonds is 5. The molecule has 1 aromatic rings. The van der Waals surface area contributed by atoms with Crippen LogP contribution < -0.4 is 15.2 Å². The van der Waals surface area contributed by atoms with Crippen molar-refractivity contribution in [3.63, 3.8) is 0 Å². The smallest absolute Gasteiger partial charge is 0.122 e. The summed E-state index contributed by atoms with van der Waals surface area (Å²) in [6.45, 7) is 4.13. The van der Waals surface area contributed by atoms with Crippen LogP contribution in [0.5, 0.6) is 11.5 Å². The van der Waals surface area contributed by atoms with E-state index < -0.39 is 0 Å². The van der Waals surface area contributed by atoms with Gasteiger partial charge in [-0.25, -0.2) is 0 Å². The molecule has 1 aliphatic heterocycles. The Bertz CT molecular complexity index is 412. The van der Waals surface area contributed by atoms with Gasteiger partial charge < -0.3 is 15.2 Å². The van der Waals surface area contributed by atoms with Crippen LogP contribution in [0.25, 0.3) is 0 Å². The Hall–Kier alpha value is -1.26. The number of hydrogen-bond acceptors (Lipinski definition) is 4. The average Bonchev–Trinajstić information content (AvgIpc) is 2.47. The number of nitrogens with two attached hydrogens (primary N) is 1. The highest BCUT2D eigenvalue weighted by atomic mass is 16.5. The lowest BCUT2D eigenvalue weighted by Gasteiger charge is -2.38. The molecule has 1 fully saturated rings. The Morgan fingerprint density at radius 2 is 1.85 bits per heavy atom. The van der Waals surface area contributed by atoms with E-state index >= 15 is 0 Å². The monoisotopic (exact) mass is 278 g/mol. The first-order valence-corrected chi connectivity index (χ1v) is 7.35. The maximum Gasteiger partial charge on any atom is 0.122 e. The molecule has 2 atom stereocenters. The van der Waals surface area contributed by atoms with Crippen molar-refractivity contribution in [3.05, 3.63) is 23.8 Å². The van der Waals surface area contributed by atoms with Crippen molar-refractivity contribution >= 4 is 0 Å². The Morgan fingerprint density at radius 3 is 2.40 bits per heavy atom. The summed E-state index contributed by atoms with van der Waals surface area (Å²) < 4.78 is 10.7. The number of ether oxygens (including phenoxy) is 2. The molecular weight excluding hydrogens is 252 g/mol. The fourth-order valence-electron chi connectivity index (χ4n) is 3.00. The minimum Gasteiger partial charge on any atom is -0.497 e. The number of piperidine rings is 1. The number of hydrogen-bond donors (Lipinski definition) is 1. The SMILES string of the molecule is COc1cc(CN2CCCCC2C(C)N)cc(OC)c1. The number of methoxy groups -OCH3 is 2. The highest BCUT2D eigenvalue weighted by Gasteiger charge is 2.25. The van der Waals surface area contributed by atoms with Gasteiger partial charge in [-0.05, 0) is 44.0 Å². The summed E-state index contributed by atoms with van der Waals surface area (Å²) in [5, 5.41) is 0. The normalized spacial score (nSPS) is 21.5. The predicted molar refractivity (Wildman–Crippen MR) is 81.2 cm³/mol. The summed E-state index contributed by atoms with van der Waals surface area (Å²) in [4.78, 5) is 2.49. The van der Waals surface area contributed by atoms with Gasteiger partial charge in [0.25, 0.3) is 0 Å². The summed E-state index contributed by atoms with van der Waals surface area (Å²) in [6.07, 6.45) is 3.73. The Kier molecular flexibility index (Phi) is 5.26. The molecule has 20 heavy (non-hydrogen) atoms. The van der Waals surface area contributed by atoms with Gasteiger partial charge >= 0.3 is 0 Å². The zero-order chi connectivity index (χ0) is 14.5. The molecule has 2 rings (SSSR count). The summed E-state index contributed by atoms with van der Waals surface area (Å²) in [5.41, 5.74) is 7.35. The van der Waals surface area contributed by atoms with E-state index in [-0.39, 0.29) is 6.04 Å². The third-order valence-corrected chi connectivity index (χ3v) is 4.07. The number of nitrogens with zero attached hydrogens (tertiary/aromatic N) is 1. The first-order chi connectivity index (χ1) is 9.63. The Morgan fingerprint density at radius 1 is 1.20 bits per heavy atom. The Balaban J connectivity index is 2.15. The van der Waals surface area contributed by atoms with Crippen molar-refractivity contribution < 1.29 is 9.47 Å². The third kappa shape index (κ3) is 3.64. The van der Waals surface area contributed by atoms with Crippen LogP contribution in [0.2, 0.25) is 0 Å². The molecule has 0 aromatic heterocycles. The predicted octanol–water partition coefficient (Wildman–Crippen LogP) is 2.41. The van der Waals surface area contributed by atoms with E-state index in [9.17, 15) is 0 Å². The van der Waals surface area contributed by atoms with Gasteiger partial charge in [0, 0.05) is 24.7 Å². The van der Waals surface area contributed by atoms with Crippen molar-refractivity contribution in [1.82, 2.24) is 4.90 Å². The molecule has 0 bridgehead atoms. The minimum atomic E-state index is 0.211. The van der Waals surface area contributed by atoms with Crippen LogP contribution in [0, 0.1) is 0 Å². The fourth-order valence-corrected chi connectivity index (χ4v) is 3.00. The second-order valence-corrected chi connectivity index (χ2v) is 5.61. The van der Waals surface area contributed by atoms with Crippen LogP contribution in [0.4, 0.5) is 0 Å². The van der Waals surface area contributed by atoms with Gasteiger partial charge in [-0.2, -0.15) is 0 Å². The fraction of sp³-hybridized carbons (Fsp3) is 0.625. The van der Waals surface area contributed by atoms with E-state index in [1.54, 1.807) is 14.2 Å². The molecule has 1 aromatic carbocycles. The van der Waals surface area contributed by atoms with Crippen molar-refractivity contribution in [2.45, 2.75) is 44.8 Å². The second kappa shape index (κ2) is 6.95. The van der Waals surface area contributed by atoms with Gasteiger partial charge in [0.1, 0.15) is 11.5 Å². The van der Waals surface area contributed by atoms with Crippen molar-refractivity contribution in [1.29, 1.82) is 0 Å². The molecule has 2 unspecified atom stereocenters. The highest BCUT2D eigenvalue weighted by Crippen LogP contribution is 2.26. The van der Waals surface area contributed by atoms with Crippen LogP contribution in [0.1, 0.15) is 31.7 Å². The first kappa shape index (κ1) is 15.1. The van der Waals surface area contributed by atoms with Gasteiger partial charge in [-0.15, -0.1) is 0 Å². The van der Waals surface area contributed by atoms with E-state index in [0.29, 0.717) is 6.04 Å². The molecule has 1 heterocycles. The van der Waals surface area contributed by atoms with E-state index in [0.717, 1.165) is 24.6 Å². The van der Waals surface area contributed by atoms with E-state index in [1.165, 1.54) is 24.8 Å². The first-order valence-electron chi connectivity index (χ1n) is 7.35. The topological polar surface area (TPSA) is 47.7 Å². The van der Waals surface area contributed by atoms with Gasteiger partial charge in [-0.1, -0.05) is 6.42 Å². The van der Waals surface area contributed by atoms with Gasteiger partial charge in [0.05, 0.1) is 14.2 Å². The minimum absolute atomic E-state index is 0.211. The van der Waals surface area contributed by atoms with Crippen LogP contribution in [-0.4, -0.2) is 37.7 Å². The summed E-state index contributed by atoms with van der Waals surface area (Å²) >= 11 is 0. The van der Waals surface area contributed by atoms with Crippen LogP contribution in [-0.2, 0) is 6.54 Å². The molecule has 4 heteroatoms. The second-order valence-electron chi connectivity index (χ2n) is 5.61. The molecular formula is C16H26N2O2. The molecule has 0 radical (unpaired) electrons. The molecule has 0 aliphatic carbocycles. The number of benzene rings is 1. The lowest BCUT2D eigenvalue weighted by Crippen LogP contribution is -2.48. The molecule has 1 saturated heterocycles. The van der Waals surface area contributed by atoms with E-state index in [2.05, 4.69) is 24.0 Å². The highest BCUT2D eigenvalue weighted by molar-refractivity contribution is 5.38. The average molecular weight is 278 g/mol. The van der Waals surface area contributed by atoms with Crippen molar-refractivity contribution in [2.75, 3.05) is 20.8 Å². The molecule has 0 saturated carbocycles. The van der Waals surface area contributed by atoms with Crippen molar-refractivity contribution in [3.8, 4) is 11.5 Å². The maximum absolute atomic E-state index is 6.13. The quantitative estimate of drug-likeness (QED) is 0.898. The third-order valence-electron chi connectivity index (χ3n) is 4.07. The number of likely N-dealkylation sites (tertiary alicyclic amines) is 1. The van der Waals surface area contributed by atoms with E-state index in [1.807, 2.05) is 6.07 Å². The van der Waals surface area contributed by atoms with Gasteiger partial charge in [-0.3, -0.25) is 4.90 Å². The largest absolute Gasteiger partial charge is 0.497 e. The summed E-state index contributed by atoms with van der Waals surface area (Å²) in [5.74, 6) is 1.68. The van der Waals surface area contributed by atoms with Crippen LogP contribution in [0.15, 0.2) is 18.2 Å². The molecule has 4 nitrogen and oxygen atoms in total. The van der Waals surface area contributed by atoms with Gasteiger partial charge in [0.2, 0.25) is 0 Å². The lowest BCUT2D eigenvalue weighted by atomic mass is 9.96. The molecule has 2 N–H and O–H groups in total. The van der Waals surface area contributed by atoms with Crippen LogP contribution >= 0.6 is 0 Å². The molecule has 0 amide bonds. The summed E-state index contributed by atoms with van der Waals surface area (Å²) in [6, 6.07) is 6.75. The van der Waals surface area contributed by atoms with Crippen molar-refractivity contribution in [2.24, 2.45) is 5.73 Å². The van der Waals surface area contributed by atoms with Crippen LogP contribution in [0.3, 0.4) is 0 Å². The summed E-state index contributed by atoms with van der Waals surface area (Å²) in [7, 11) is 3.37. The zero-order valence-electron chi connectivity index (χ0n) is 12.8. The molecule has 112 valence electrons. The lowest BCUT2D eigenvalue weighted by molar-refractivity contribution is 0.123.